The highest BCUT2D eigenvalue weighted by Crippen LogP contribution is 2.37. The zero-order chi connectivity index (χ0) is 15.9. The summed E-state index contributed by atoms with van der Waals surface area (Å²) in [6.07, 6.45) is 0. The molecule has 0 unspecified atom stereocenters. The molecule has 122 valence electrons. The molecule has 5 N–H and O–H groups in total. The predicted octanol–water partition coefficient (Wildman–Crippen LogP) is 0.979. The summed E-state index contributed by atoms with van der Waals surface area (Å²) < 4.78 is 52.8. The number of para-hydroxylation sites is 1. The minimum absolute atomic E-state index is 0.0218. The third-order valence-corrected chi connectivity index (χ3v) is 4.79. The molecule has 1 aromatic rings. The minimum Gasteiger partial charge on any atom is -0.357 e. The van der Waals surface area contributed by atoms with Crippen molar-refractivity contribution in [2.45, 2.75) is 0 Å². The van der Waals surface area contributed by atoms with E-state index in [4.69, 9.17) is 10.3 Å². The molecule has 21 heavy (non-hydrogen) atoms. The van der Waals surface area contributed by atoms with Crippen molar-refractivity contribution in [3.05, 3.63) is 30.3 Å². The Labute approximate surface area is 125 Å². The molecule has 0 aliphatic heterocycles. The molecule has 0 radical (unpaired) electrons. The van der Waals surface area contributed by atoms with E-state index in [0.717, 1.165) is 5.69 Å². The summed E-state index contributed by atoms with van der Waals surface area (Å²) in [5.74, 6) is -0.256. The maximum absolute atomic E-state index is 10.4. The van der Waals surface area contributed by atoms with Gasteiger partial charge < -0.3 is 10.6 Å². The molecular weight excluding hydrogens is 320 g/mol. The Morgan fingerprint density at radius 3 is 2.24 bits per heavy atom. The van der Waals surface area contributed by atoms with Crippen LogP contribution in [0.25, 0.3) is 0 Å². The molecule has 1 aromatic carbocycles. The first-order valence-corrected chi connectivity index (χ1v) is 9.34. The maximum Gasteiger partial charge on any atom is 0.397 e. The van der Waals surface area contributed by atoms with Crippen molar-refractivity contribution in [2.75, 3.05) is 36.2 Å². The summed E-state index contributed by atoms with van der Waals surface area (Å²) in [6.45, 7) is 0.0188. The van der Waals surface area contributed by atoms with Gasteiger partial charge in [0.1, 0.15) is 0 Å². The Bertz CT molecular complexity index is 523. The SMILES string of the molecule is NCN(CCS(O)(O)CCOS(=O)(=O)O)c1ccccc1. The molecule has 0 aliphatic carbocycles. The van der Waals surface area contributed by atoms with Gasteiger partial charge in [-0.3, -0.25) is 13.7 Å². The first-order valence-electron chi connectivity index (χ1n) is 6.09. The van der Waals surface area contributed by atoms with Crippen LogP contribution in [0.4, 0.5) is 5.69 Å². The third kappa shape index (κ3) is 7.62. The number of nitrogens with zero attached hydrogens (tertiary/aromatic N) is 1. The average molecular weight is 340 g/mol. The molecular formula is C11H20N2O6S2. The van der Waals surface area contributed by atoms with Crippen LogP contribution in [-0.2, 0) is 14.6 Å². The Morgan fingerprint density at radius 2 is 1.71 bits per heavy atom. The second-order valence-electron chi connectivity index (χ2n) is 4.24. The van der Waals surface area contributed by atoms with Crippen LogP contribution in [0.5, 0.6) is 0 Å². The minimum atomic E-state index is -4.56. The van der Waals surface area contributed by atoms with Crippen LogP contribution in [0, 0.1) is 0 Å². The van der Waals surface area contributed by atoms with E-state index >= 15 is 0 Å². The van der Waals surface area contributed by atoms with Crippen molar-refractivity contribution >= 4 is 26.7 Å². The van der Waals surface area contributed by atoms with Crippen molar-refractivity contribution in [2.24, 2.45) is 5.73 Å². The van der Waals surface area contributed by atoms with Gasteiger partial charge >= 0.3 is 10.4 Å². The van der Waals surface area contributed by atoms with Gasteiger partial charge in [0.2, 0.25) is 0 Å². The van der Waals surface area contributed by atoms with Crippen LogP contribution in [0.3, 0.4) is 0 Å². The van der Waals surface area contributed by atoms with E-state index in [0.29, 0.717) is 6.54 Å². The molecule has 0 bridgehead atoms. The van der Waals surface area contributed by atoms with Gasteiger partial charge in [-0.05, 0) is 12.1 Å². The summed E-state index contributed by atoms with van der Waals surface area (Å²) in [5.41, 5.74) is 6.48. The molecule has 0 aliphatic rings. The quantitative estimate of drug-likeness (QED) is 0.386. The Hall–Kier alpha value is -0.880. The van der Waals surface area contributed by atoms with Crippen molar-refractivity contribution in [3.8, 4) is 0 Å². The lowest BCUT2D eigenvalue weighted by Gasteiger charge is -2.34. The van der Waals surface area contributed by atoms with Crippen LogP contribution in [0.15, 0.2) is 30.3 Å². The van der Waals surface area contributed by atoms with Gasteiger partial charge in [0, 0.05) is 12.2 Å². The number of hydrogen-bond acceptors (Lipinski definition) is 7. The fourth-order valence-corrected chi connectivity index (χ4v) is 3.06. The molecule has 0 heterocycles. The van der Waals surface area contributed by atoms with Gasteiger partial charge in [-0.2, -0.15) is 19.0 Å². The second kappa shape index (κ2) is 7.94. The van der Waals surface area contributed by atoms with Crippen molar-refractivity contribution in [3.63, 3.8) is 0 Å². The zero-order valence-electron chi connectivity index (χ0n) is 11.3. The van der Waals surface area contributed by atoms with E-state index in [2.05, 4.69) is 4.18 Å². The van der Waals surface area contributed by atoms with Gasteiger partial charge in [0.15, 0.2) is 0 Å². The fourth-order valence-electron chi connectivity index (χ4n) is 1.60. The molecule has 8 nitrogen and oxygen atoms in total. The van der Waals surface area contributed by atoms with Crippen LogP contribution in [-0.4, -0.2) is 53.4 Å². The first kappa shape index (κ1) is 18.2. The van der Waals surface area contributed by atoms with Crippen LogP contribution in [0.2, 0.25) is 0 Å². The van der Waals surface area contributed by atoms with Crippen LogP contribution in [0.1, 0.15) is 0 Å². The molecule has 10 heteroatoms. The van der Waals surface area contributed by atoms with Gasteiger partial charge in [0.25, 0.3) is 0 Å². The average Bonchev–Trinajstić information content (AvgIpc) is 2.38. The number of benzene rings is 1. The van der Waals surface area contributed by atoms with Crippen molar-refractivity contribution in [1.82, 2.24) is 0 Å². The van der Waals surface area contributed by atoms with Gasteiger partial charge in [0.05, 0.1) is 24.8 Å². The third-order valence-electron chi connectivity index (χ3n) is 2.67. The highest BCUT2D eigenvalue weighted by Gasteiger charge is 2.16. The number of nitrogens with two attached hydrogens (primary N) is 1. The monoisotopic (exact) mass is 340 g/mol. The van der Waals surface area contributed by atoms with Crippen LogP contribution < -0.4 is 10.6 Å². The highest BCUT2D eigenvalue weighted by atomic mass is 32.3. The van der Waals surface area contributed by atoms with Crippen molar-refractivity contribution < 1.29 is 26.3 Å². The fraction of sp³-hybridized carbons (Fsp3) is 0.455. The van der Waals surface area contributed by atoms with E-state index in [-0.39, 0.29) is 18.2 Å². The van der Waals surface area contributed by atoms with Gasteiger partial charge in [-0.1, -0.05) is 18.2 Å². The van der Waals surface area contributed by atoms with Crippen LogP contribution >= 0.6 is 10.6 Å². The van der Waals surface area contributed by atoms with Gasteiger partial charge in [-0.25, -0.2) is 4.18 Å². The first-order chi connectivity index (χ1) is 9.73. The molecule has 0 amide bonds. The summed E-state index contributed by atoms with van der Waals surface area (Å²) in [6, 6.07) is 9.24. The molecule has 0 saturated carbocycles. The lowest BCUT2D eigenvalue weighted by Crippen LogP contribution is -2.34. The summed E-state index contributed by atoms with van der Waals surface area (Å²) >= 11 is 0. The normalized spacial score (nSPS) is 13.1. The van der Waals surface area contributed by atoms with E-state index < -0.39 is 27.6 Å². The molecule has 1 rings (SSSR count). The molecule has 0 saturated heterocycles. The summed E-state index contributed by atoms with van der Waals surface area (Å²) in [4.78, 5) is 1.76. The number of rotatable bonds is 9. The van der Waals surface area contributed by atoms with E-state index in [1.54, 1.807) is 4.90 Å². The summed E-state index contributed by atoms with van der Waals surface area (Å²) in [5, 5.41) is 0. The maximum atomic E-state index is 10.4. The Balaban J connectivity index is 2.47. The molecule has 0 atom stereocenters. The van der Waals surface area contributed by atoms with E-state index in [1.165, 1.54) is 0 Å². The number of hydrogen-bond donors (Lipinski definition) is 4. The Kier molecular flexibility index (Phi) is 6.87. The molecule has 0 spiro atoms. The number of anilines is 1. The second-order valence-corrected chi connectivity index (χ2v) is 7.75. The van der Waals surface area contributed by atoms with Crippen molar-refractivity contribution in [1.29, 1.82) is 0 Å². The standard InChI is InChI=1S/C11H20N2O6S2/c12-10-13(11-4-2-1-3-5-11)6-8-20(14,15)9-7-19-21(16,17)18/h1-5,14-15H,6-10,12H2,(H,16,17,18). The Morgan fingerprint density at radius 1 is 1.10 bits per heavy atom. The van der Waals surface area contributed by atoms with Gasteiger partial charge in [-0.15, -0.1) is 0 Å². The molecule has 0 fully saturated rings. The zero-order valence-corrected chi connectivity index (χ0v) is 13.0. The topological polar surface area (TPSA) is 133 Å². The molecule has 0 aromatic heterocycles. The predicted molar refractivity (Wildman–Crippen MR) is 82.9 cm³/mol. The largest absolute Gasteiger partial charge is 0.397 e. The smallest absolute Gasteiger partial charge is 0.357 e. The lowest BCUT2D eigenvalue weighted by atomic mass is 10.3. The lowest BCUT2D eigenvalue weighted by molar-refractivity contribution is 0.281. The van der Waals surface area contributed by atoms with E-state index in [1.807, 2.05) is 30.3 Å². The summed E-state index contributed by atoms with van der Waals surface area (Å²) in [7, 11) is -7.58. The highest BCUT2D eigenvalue weighted by molar-refractivity contribution is 8.24. The van der Waals surface area contributed by atoms with E-state index in [9.17, 15) is 17.5 Å².